The zero-order valence-corrected chi connectivity index (χ0v) is 16.3. The molecule has 0 spiro atoms. The van der Waals surface area contributed by atoms with Gasteiger partial charge in [0.15, 0.2) is 0 Å². The number of urea groups is 1. The molecule has 0 bridgehead atoms. The van der Waals surface area contributed by atoms with Crippen molar-refractivity contribution in [1.82, 2.24) is 14.5 Å². The van der Waals surface area contributed by atoms with Gasteiger partial charge in [0.2, 0.25) is 10.0 Å². The maximum absolute atomic E-state index is 12.7. The van der Waals surface area contributed by atoms with E-state index in [2.05, 4.69) is 25.5 Å². The van der Waals surface area contributed by atoms with Crippen LogP contribution < -0.4 is 4.72 Å². The van der Waals surface area contributed by atoms with Gasteiger partial charge in [0.1, 0.15) is 0 Å². The molecule has 1 N–H and O–H groups in total. The van der Waals surface area contributed by atoms with E-state index in [0.717, 1.165) is 19.3 Å². The van der Waals surface area contributed by atoms with E-state index in [-0.39, 0.29) is 34.3 Å². The summed E-state index contributed by atoms with van der Waals surface area (Å²) in [7, 11) is -1.50. The Morgan fingerprint density at radius 1 is 1.21 bits per heavy atom. The maximum Gasteiger partial charge on any atom is 0.320 e. The quantitative estimate of drug-likeness (QED) is 0.838. The second-order valence-corrected chi connectivity index (χ2v) is 11.3. The summed E-state index contributed by atoms with van der Waals surface area (Å²) >= 11 is 0. The topological polar surface area (TPSA) is 69.7 Å². The lowest BCUT2D eigenvalue weighted by molar-refractivity contribution is 0.157. The summed E-state index contributed by atoms with van der Waals surface area (Å²) in [5.41, 5.74) is -0.193. The lowest BCUT2D eigenvalue weighted by Crippen LogP contribution is -2.50. The van der Waals surface area contributed by atoms with Crippen LogP contribution in [-0.4, -0.2) is 60.7 Å². The molecule has 0 aromatic rings. The van der Waals surface area contributed by atoms with Gasteiger partial charge in [0.05, 0.1) is 17.3 Å². The number of amides is 2. The van der Waals surface area contributed by atoms with Crippen LogP contribution in [0.25, 0.3) is 0 Å². The Morgan fingerprint density at radius 3 is 2.38 bits per heavy atom. The number of hydrogen-bond acceptors (Lipinski definition) is 3. The molecule has 1 saturated heterocycles. The average Bonchev–Trinajstić information content (AvgIpc) is 3.12. The van der Waals surface area contributed by atoms with Crippen molar-refractivity contribution in [3.8, 4) is 0 Å². The fourth-order valence-corrected chi connectivity index (χ4v) is 6.01. The van der Waals surface area contributed by atoms with Crippen LogP contribution >= 0.6 is 0 Å². The highest BCUT2D eigenvalue weighted by Gasteiger charge is 2.51. The first-order chi connectivity index (χ1) is 10.9. The summed E-state index contributed by atoms with van der Waals surface area (Å²) in [5.74, 6) is 0. The minimum Gasteiger partial charge on any atom is -0.323 e. The van der Waals surface area contributed by atoms with Gasteiger partial charge in [-0.2, -0.15) is 0 Å². The molecule has 6 nitrogen and oxygen atoms in total. The molecule has 1 heterocycles. The smallest absolute Gasteiger partial charge is 0.320 e. The van der Waals surface area contributed by atoms with E-state index in [1.54, 1.807) is 4.90 Å². The monoisotopic (exact) mass is 357 g/mol. The van der Waals surface area contributed by atoms with Crippen LogP contribution in [0.15, 0.2) is 0 Å². The molecule has 2 aliphatic carbocycles. The van der Waals surface area contributed by atoms with Gasteiger partial charge in [0.25, 0.3) is 0 Å². The maximum atomic E-state index is 12.7. The van der Waals surface area contributed by atoms with Gasteiger partial charge in [-0.15, -0.1) is 0 Å². The predicted octanol–water partition coefficient (Wildman–Crippen LogP) is 2.16. The molecule has 3 aliphatic rings. The van der Waals surface area contributed by atoms with Crippen molar-refractivity contribution >= 4 is 16.1 Å². The summed E-state index contributed by atoms with van der Waals surface area (Å²) in [6, 6.07) is 0.187. The Morgan fingerprint density at radius 2 is 1.83 bits per heavy atom. The van der Waals surface area contributed by atoms with E-state index in [1.165, 1.54) is 0 Å². The van der Waals surface area contributed by atoms with Crippen molar-refractivity contribution in [1.29, 1.82) is 0 Å². The van der Waals surface area contributed by atoms with Gasteiger partial charge < -0.3 is 9.80 Å². The fraction of sp³-hybridized carbons (Fsp3) is 0.941. The summed E-state index contributed by atoms with van der Waals surface area (Å²) in [6.45, 7) is 9.06. The van der Waals surface area contributed by atoms with Gasteiger partial charge in [-0.25, -0.2) is 17.9 Å². The van der Waals surface area contributed by atoms with Crippen LogP contribution in [0.1, 0.15) is 59.8 Å². The average molecular weight is 358 g/mol. The van der Waals surface area contributed by atoms with Crippen molar-refractivity contribution < 1.29 is 13.2 Å². The molecule has 0 aromatic heterocycles. The predicted molar refractivity (Wildman–Crippen MR) is 94.2 cm³/mol. The van der Waals surface area contributed by atoms with Gasteiger partial charge >= 0.3 is 6.03 Å². The van der Waals surface area contributed by atoms with Crippen LogP contribution in [0.3, 0.4) is 0 Å². The van der Waals surface area contributed by atoms with E-state index in [9.17, 15) is 13.2 Å². The van der Waals surface area contributed by atoms with Gasteiger partial charge in [-0.3, -0.25) is 0 Å². The Labute approximate surface area is 146 Å². The zero-order chi connectivity index (χ0) is 17.9. The highest BCUT2D eigenvalue weighted by Crippen LogP contribution is 2.40. The van der Waals surface area contributed by atoms with Crippen molar-refractivity contribution in [3.63, 3.8) is 0 Å². The first-order valence-corrected chi connectivity index (χ1v) is 10.5. The third-order valence-corrected chi connectivity index (χ3v) is 7.73. The largest absolute Gasteiger partial charge is 0.323 e. The van der Waals surface area contributed by atoms with Crippen molar-refractivity contribution in [3.05, 3.63) is 0 Å². The summed E-state index contributed by atoms with van der Waals surface area (Å²) in [5, 5.41) is -0.388. The Balaban J connectivity index is 1.73. The first kappa shape index (κ1) is 18.0. The molecule has 7 heteroatoms. The van der Waals surface area contributed by atoms with E-state index in [1.807, 2.05) is 18.9 Å². The van der Waals surface area contributed by atoms with Gasteiger partial charge in [-0.1, -0.05) is 20.8 Å². The van der Waals surface area contributed by atoms with Gasteiger partial charge in [0, 0.05) is 19.1 Å². The number of likely N-dealkylation sites (N-methyl/N-ethyl adjacent to an activating group) is 1. The second kappa shape index (κ2) is 5.59. The Bertz CT molecular complexity index is 621. The molecule has 3 rings (SSSR count). The first-order valence-electron chi connectivity index (χ1n) is 8.98. The number of sulfonamides is 1. The number of rotatable bonds is 4. The van der Waals surface area contributed by atoms with Crippen molar-refractivity contribution in [2.45, 2.75) is 82.7 Å². The molecule has 0 aromatic carbocycles. The molecule has 3 unspecified atom stereocenters. The van der Waals surface area contributed by atoms with Crippen LogP contribution in [0.4, 0.5) is 4.79 Å². The van der Waals surface area contributed by atoms with E-state index in [4.69, 9.17) is 0 Å². The fourth-order valence-electron chi connectivity index (χ4n) is 4.05. The molecular weight excluding hydrogens is 326 g/mol. The zero-order valence-electron chi connectivity index (χ0n) is 15.5. The number of carbonyl (C=O) groups excluding carboxylic acids is 1. The third-order valence-electron chi connectivity index (χ3n) is 5.65. The van der Waals surface area contributed by atoms with Crippen LogP contribution in [-0.2, 0) is 10.0 Å². The summed E-state index contributed by atoms with van der Waals surface area (Å²) in [4.78, 5) is 16.4. The lowest BCUT2D eigenvalue weighted by atomic mass is 9.88. The van der Waals surface area contributed by atoms with Crippen LogP contribution in [0, 0.1) is 5.41 Å². The normalized spacial score (nSPS) is 32.9. The minimum atomic E-state index is -3.32. The molecule has 0 radical (unpaired) electrons. The minimum absolute atomic E-state index is 0.00202. The van der Waals surface area contributed by atoms with E-state index < -0.39 is 10.0 Å². The lowest BCUT2D eigenvalue weighted by Gasteiger charge is -2.37. The van der Waals surface area contributed by atoms with Crippen molar-refractivity contribution in [2.75, 3.05) is 13.6 Å². The number of nitrogens with zero attached hydrogens (tertiary/aromatic N) is 2. The molecule has 1 aliphatic heterocycles. The third kappa shape index (κ3) is 3.43. The SMILES string of the molecule is CN1C(=O)N(CC(C)(C)C)C2CCC(S(=O)(=O)NC3(C)CC3)CC21. The van der Waals surface area contributed by atoms with E-state index >= 15 is 0 Å². The highest BCUT2D eigenvalue weighted by molar-refractivity contribution is 7.90. The number of carbonyl (C=O) groups is 1. The standard InChI is InChI=1S/C17H31N3O3S/c1-16(2,3)11-20-13-7-6-12(10-14(13)19(5)15(20)21)24(22,23)18-17(4)8-9-17/h12-14,18H,6-11H2,1-5H3. The Kier molecular flexibility index (Phi) is 4.19. The van der Waals surface area contributed by atoms with Crippen LogP contribution in [0.2, 0.25) is 0 Å². The molecule has 24 heavy (non-hydrogen) atoms. The van der Waals surface area contributed by atoms with E-state index in [0.29, 0.717) is 19.4 Å². The van der Waals surface area contributed by atoms with Crippen molar-refractivity contribution in [2.24, 2.45) is 5.41 Å². The molecule has 3 fully saturated rings. The molecule has 138 valence electrons. The summed E-state index contributed by atoms with van der Waals surface area (Å²) in [6.07, 6.45) is 3.78. The van der Waals surface area contributed by atoms with Gasteiger partial charge in [-0.05, 0) is 44.4 Å². The van der Waals surface area contributed by atoms with Crippen LogP contribution in [0.5, 0.6) is 0 Å². The summed E-state index contributed by atoms with van der Waals surface area (Å²) < 4.78 is 28.3. The number of fused-ring (bicyclic) bond motifs is 1. The number of nitrogens with one attached hydrogen (secondary N) is 1. The highest BCUT2D eigenvalue weighted by atomic mass is 32.2. The molecule has 2 amide bonds. The molecule has 3 atom stereocenters. The molecule has 2 saturated carbocycles. The number of hydrogen-bond donors (Lipinski definition) is 1. The Hall–Kier alpha value is -0.820. The second-order valence-electron chi connectivity index (χ2n) is 9.36. The molecular formula is C17H31N3O3S.